The van der Waals surface area contributed by atoms with E-state index in [9.17, 15) is 0 Å². The number of hydrogen-bond acceptors (Lipinski definition) is 3. The van der Waals surface area contributed by atoms with Gasteiger partial charge in [0.1, 0.15) is 11.2 Å². The molecule has 38 heavy (non-hydrogen) atoms. The van der Waals surface area contributed by atoms with E-state index in [4.69, 9.17) is 14.4 Å². The average molecular weight is 488 g/mol. The van der Waals surface area contributed by atoms with E-state index in [0.29, 0.717) is 5.95 Å². The topological polar surface area (TPSA) is 43.9 Å². The first-order valence-corrected chi connectivity index (χ1v) is 12.7. The van der Waals surface area contributed by atoms with Crippen LogP contribution in [-0.2, 0) is 0 Å². The molecule has 0 saturated carbocycles. The van der Waals surface area contributed by atoms with Gasteiger partial charge in [0.2, 0.25) is 5.95 Å². The zero-order chi connectivity index (χ0) is 25.1. The standard InChI is InChI=1S/C34H21N3O/c1-3-11-22(12-4-1)28-21-29(23-13-5-2-6-14-23)36-34(35-28)37-30-17-9-7-15-24(30)26-20-33-27(19-31(26)37)25-16-8-10-18-32(25)38-33/h1-21H. The Morgan fingerprint density at radius 2 is 1.05 bits per heavy atom. The first-order valence-electron chi connectivity index (χ1n) is 12.7. The molecule has 0 bridgehead atoms. The van der Waals surface area contributed by atoms with Gasteiger partial charge in [-0.25, -0.2) is 9.97 Å². The molecule has 5 aromatic carbocycles. The summed E-state index contributed by atoms with van der Waals surface area (Å²) in [5, 5.41) is 4.44. The fourth-order valence-corrected chi connectivity index (χ4v) is 5.45. The van der Waals surface area contributed by atoms with E-state index in [1.807, 2.05) is 48.5 Å². The van der Waals surface area contributed by atoms with Crippen LogP contribution in [0.5, 0.6) is 0 Å². The van der Waals surface area contributed by atoms with Crippen molar-refractivity contribution in [1.29, 1.82) is 0 Å². The third-order valence-corrected chi connectivity index (χ3v) is 7.22. The number of fused-ring (bicyclic) bond motifs is 6. The van der Waals surface area contributed by atoms with E-state index in [0.717, 1.165) is 66.3 Å². The van der Waals surface area contributed by atoms with E-state index < -0.39 is 0 Å². The fraction of sp³-hybridized carbons (Fsp3) is 0. The van der Waals surface area contributed by atoms with E-state index in [-0.39, 0.29) is 0 Å². The monoisotopic (exact) mass is 487 g/mol. The predicted octanol–water partition coefficient (Wildman–Crippen LogP) is 8.81. The highest BCUT2D eigenvalue weighted by Gasteiger charge is 2.19. The lowest BCUT2D eigenvalue weighted by Gasteiger charge is -2.11. The van der Waals surface area contributed by atoms with Gasteiger partial charge in [-0.3, -0.25) is 4.57 Å². The zero-order valence-corrected chi connectivity index (χ0v) is 20.4. The summed E-state index contributed by atoms with van der Waals surface area (Å²) in [6.07, 6.45) is 0. The third-order valence-electron chi connectivity index (χ3n) is 7.22. The molecule has 0 saturated heterocycles. The Balaban J connectivity index is 1.49. The maximum Gasteiger partial charge on any atom is 0.235 e. The Hall–Kier alpha value is -5.22. The Morgan fingerprint density at radius 3 is 1.76 bits per heavy atom. The summed E-state index contributed by atoms with van der Waals surface area (Å²) in [4.78, 5) is 10.3. The van der Waals surface area contributed by atoms with Gasteiger partial charge in [0.05, 0.1) is 22.4 Å². The summed E-state index contributed by atoms with van der Waals surface area (Å²) in [6.45, 7) is 0. The minimum atomic E-state index is 0.642. The normalized spacial score (nSPS) is 11.7. The van der Waals surface area contributed by atoms with Gasteiger partial charge in [-0.15, -0.1) is 0 Å². The summed E-state index contributed by atoms with van der Waals surface area (Å²) < 4.78 is 8.42. The summed E-state index contributed by atoms with van der Waals surface area (Å²) >= 11 is 0. The van der Waals surface area contributed by atoms with Crippen molar-refractivity contribution in [3.8, 4) is 28.5 Å². The van der Waals surface area contributed by atoms with Crippen LogP contribution in [0.15, 0.2) is 132 Å². The highest BCUT2D eigenvalue weighted by Crippen LogP contribution is 2.38. The van der Waals surface area contributed by atoms with E-state index in [2.05, 4.69) is 83.4 Å². The van der Waals surface area contributed by atoms with Crippen LogP contribution < -0.4 is 0 Å². The van der Waals surface area contributed by atoms with Gasteiger partial charge in [0, 0.05) is 32.7 Å². The van der Waals surface area contributed by atoms with Crippen LogP contribution in [0.4, 0.5) is 0 Å². The molecule has 4 heteroatoms. The van der Waals surface area contributed by atoms with E-state index in [1.54, 1.807) is 0 Å². The number of para-hydroxylation sites is 2. The van der Waals surface area contributed by atoms with E-state index in [1.165, 1.54) is 0 Å². The smallest absolute Gasteiger partial charge is 0.235 e. The number of aromatic nitrogens is 3. The Morgan fingerprint density at radius 1 is 0.447 bits per heavy atom. The largest absolute Gasteiger partial charge is 0.456 e. The number of hydrogen-bond donors (Lipinski definition) is 0. The third kappa shape index (κ3) is 3.17. The summed E-state index contributed by atoms with van der Waals surface area (Å²) in [5.41, 5.74) is 7.75. The molecule has 0 N–H and O–H groups in total. The average Bonchev–Trinajstić information content (AvgIpc) is 3.51. The maximum atomic E-state index is 6.24. The lowest BCUT2D eigenvalue weighted by Crippen LogP contribution is -2.03. The van der Waals surface area contributed by atoms with Gasteiger partial charge in [-0.05, 0) is 30.3 Å². The Labute approximate surface area is 218 Å². The number of rotatable bonds is 3. The van der Waals surface area contributed by atoms with Crippen LogP contribution in [0.1, 0.15) is 0 Å². The van der Waals surface area contributed by atoms with Gasteiger partial charge in [0.25, 0.3) is 0 Å². The van der Waals surface area contributed by atoms with E-state index >= 15 is 0 Å². The molecular weight excluding hydrogens is 466 g/mol. The van der Waals surface area contributed by atoms with Crippen LogP contribution >= 0.6 is 0 Å². The molecule has 8 aromatic rings. The molecule has 0 unspecified atom stereocenters. The SMILES string of the molecule is c1ccc(-c2cc(-c3ccccc3)nc(-n3c4ccccc4c4cc5oc6ccccc6c5cc43)n2)cc1. The summed E-state index contributed by atoms with van der Waals surface area (Å²) in [6, 6.07) is 43.7. The second-order valence-corrected chi connectivity index (χ2v) is 9.49. The van der Waals surface area contributed by atoms with Gasteiger partial charge >= 0.3 is 0 Å². The lowest BCUT2D eigenvalue weighted by atomic mass is 10.1. The van der Waals surface area contributed by atoms with Crippen LogP contribution in [0, 0.1) is 0 Å². The van der Waals surface area contributed by atoms with Gasteiger partial charge in [-0.2, -0.15) is 0 Å². The highest BCUT2D eigenvalue weighted by molar-refractivity contribution is 6.16. The fourth-order valence-electron chi connectivity index (χ4n) is 5.45. The van der Waals surface area contributed by atoms with Crippen molar-refractivity contribution < 1.29 is 4.42 Å². The van der Waals surface area contributed by atoms with Crippen LogP contribution in [0.25, 0.3) is 72.2 Å². The first kappa shape index (κ1) is 20.9. The zero-order valence-electron chi connectivity index (χ0n) is 20.4. The molecule has 0 spiro atoms. The van der Waals surface area contributed by atoms with Gasteiger partial charge in [-0.1, -0.05) is 97.1 Å². The molecule has 8 rings (SSSR count). The second kappa shape index (κ2) is 8.15. The molecule has 0 aliphatic carbocycles. The maximum absolute atomic E-state index is 6.24. The summed E-state index contributed by atoms with van der Waals surface area (Å²) in [7, 11) is 0. The Kier molecular flexibility index (Phi) is 4.49. The molecule has 4 nitrogen and oxygen atoms in total. The number of benzene rings is 5. The molecule has 0 amide bonds. The van der Waals surface area contributed by atoms with Gasteiger partial charge in [0.15, 0.2) is 0 Å². The summed E-state index contributed by atoms with van der Waals surface area (Å²) in [5.74, 6) is 0.642. The van der Waals surface area contributed by atoms with Crippen molar-refractivity contribution in [2.24, 2.45) is 0 Å². The minimum Gasteiger partial charge on any atom is -0.456 e. The van der Waals surface area contributed by atoms with Crippen molar-refractivity contribution in [3.63, 3.8) is 0 Å². The predicted molar refractivity (Wildman–Crippen MR) is 155 cm³/mol. The molecule has 0 aliphatic heterocycles. The minimum absolute atomic E-state index is 0.642. The van der Waals surface area contributed by atoms with Crippen LogP contribution in [-0.4, -0.2) is 14.5 Å². The second-order valence-electron chi connectivity index (χ2n) is 9.49. The molecule has 3 heterocycles. The van der Waals surface area contributed by atoms with Crippen molar-refractivity contribution in [2.45, 2.75) is 0 Å². The number of nitrogens with zero attached hydrogens (tertiary/aromatic N) is 3. The van der Waals surface area contributed by atoms with Crippen LogP contribution in [0.2, 0.25) is 0 Å². The quantitative estimate of drug-likeness (QED) is 0.250. The number of furan rings is 1. The molecule has 0 aliphatic rings. The van der Waals surface area contributed by atoms with Crippen molar-refractivity contribution >= 4 is 43.7 Å². The highest BCUT2D eigenvalue weighted by atomic mass is 16.3. The van der Waals surface area contributed by atoms with Crippen molar-refractivity contribution in [2.75, 3.05) is 0 Å². The molecule has 0 atom stereocenters. The molecule has 3 aromatic heterocycles. The Bertz CT molecular complexity index is 2070. The molecule has 0 radical (unpaired) electrons. The van der Waals surface area contributed by atoms with Crippen molar-refractivity contribution in [3.05, 3.63) is 127 Å². The molecule has 178 valence electrons. The lowest BCUT2D eigenvalue weighted by molar-refractivity contribution is 0.669. The molecular formula is C34H21N3O. The van der Waals surface area contributed by atoms with Crippen LogP contribution in [0.3, 0.4) is 0 Å². The first-order chi connectivity index (χ1) is 18.8. The molecule has 0 fully saturated rings. The van der Waals surface area contributed by atoms with Gasteiger partial charge < -0.3 is 4.42 Å². The van der Waals surface area contributed by atoms with Crippen molar-refractivity contribution in [1.82, 2.24) is 14.5 Å².